The molecule has 0 rings (SSSR count). The highest BCUT2D eigenvalue weighted by Gasteiger charge is 2.70. The number of ether oxygens (including phenoxy) is 2. The summed E-state index contributed by atoms with van der Waals surface area (Å²) in [6.07, 6.45) is 0. The smallest absolute Gasteiger partial charge is 0.341 e. The number of halogens is 6. The molecule has 0 saturated heterocycles. The standard InChI is InChI=1S/C5H6Cl2F4O2/c1-12-3(13-2,4(6,8)9)5(7,10)11/h1-2H3. The second-order valence-corrected chi connectivity index (χ2v) is 2.97. The molecule has 0 radical (unpaired) electrons. The Morgan fingerprint density at radius 3 is 1.08 bits per heavy atom. The maximum atomic E-state index is 12.5. The van der Waals surface area contributed by atoms with E-state index in [1.54, 1.807) is 0 Å². The molecule has 0 saturated carbocycles. The minimum atomic E-state index is -4.46. The highest BCUT2D eigenvalue weighted by Crippen LogP contribution is 2.48. The first-order chi connectivity index (χ1) is 5.62. The monoisotopic (exact) mass is 244 g/mol. The normalized spacial score (nSPS) is 14.8. The second kappa shape index (κ2) is 3.76. The van der Waals surface area contributed by atoms with E-state index in [4.69, 9.17) is 0 Å². The number of hydrogen-bond donors (Lipinski definition) is 0. The lowest BCUT2D eigenvalue weighted by Gasteiger charge is -2.36. The Kier molecular flexibility index (Phi) is 3.83. The average Bonchev–Trinajstić information content (AvgIpc) is 1.84. The fourth-order valence-electron chi connectivity index (χ4n) is 0.707. The Bertz CT molecular complexity index is 156. The van der Waals surface area contributed by atoms with Gasteiger partial charge in [-0.05, 0) is 23.2 Å². The number of hydrogen-bond acceptors (Lipinski definition) is 2. The second-order valence-electron chi connectivity index (χ2n) is 2.02. The molecular weight excluding hydrogens is 239 g/mol. The summed E-state index contributed by atoms with van der Waals surface area (Å²) in [7, 11) is 1.16. The van der Waals surface area contributed by atoms with Crippen molar-refractivity contribution in [3.05, 3.63) is 0 Å². The number of rotatable bonds is 4. The van der Waals surface area contributed by atoms with Crippen LogP contribution in [0, 0.1) is 0 Å². The lowest BCUT2D eigenvalue weighted by Crippen LogP contribution is -2.58. The third kappa shape index (κ3) is 2.18. The zero-order valence-electron chi connectivity index (χ0n) is 6.58. The summed E-state index contributed by atoms with van der Waals surface area (Å²) in [5.74, 6) is -3.68. The van der Waals surface area contributed by atoms with E-state index in [2.05, 4.69) is 32.7 Å². The topological polar surface area (TPSA) is 18.5 Å². The minimum Gasteiger partial charge on any atom is -0.341 e. The summed E-state index contributed by atoms with van der Waals surface area (Å²) in [5.41, 5.74) is 0. The third-order valence-electron chi connectivity index (χ3n) is 1.32. The molecule has 0 spiro atoms. The molecule has 8 heteroatoms. The quantitative estimate of drug-likeness (QED) is 0.430. The Labute approximate surface area is 81.7 Å². The molecule has 0 aromatic heterocycles. The van der Waals surface area contributed by atoms with Crippen molar-refractivity contribution in [2.75, 3.05) is 14.2 Å². The SMILES string of the molecule is COC(OC)(C(F)(F)Cl)C(F)(F)Cl. The van der Waals surface area contributed by atoms with Gasteiger partial charge in [0.1, 0.15) is 0 Å². The van der Waals surface area contributed by atoms with Crippen LogP contribution in [0.15, 0.2) is 0 Å². The van der Waals surface area contributed by atoms with E-state index >= 15 is 0 Å². The van der Waals surface area contributed by atoms with Crippen LogP contribution in [0.5, 0.6) is 0 Å². The highest BCUT2D eigenvalue weighted by atomic mass is 35.5. The van der Waals surface area contributed by atoms with Gasteiger partial charge >= 0.3 is 16.6 Å². The van der Waals surface area contributed by atoms with Crippen LogP contribution in [-0.2, 0) is 9.47 Å². The molecule has 0 heterocycles. The van der Waals surface area contributed by atoms with Gasteiger partial charge in [0, 0.05) is 14.2 Å². The van der Waals surface area contributed by atoms with Gasteiger partial charge in [-0.25, -0.2) is 0 Å². The molecular formula is C5H6Cl2F4O2. The fraction of sp³-hybridized carbons (Fsp3) is 1.00. The molecule has 2 nitrogen and oxygen atoms in total. The van der Waals surface area contributed by atoms with Crippen molar-refractivity contribution in [1.82, 2.24) is 0 Å². The Morgan fingerprint density at radius 1 is 0.846 bits per heavy atom. The molecule has 0 bridgehead atoms. The van der Waals surface area contributed by atoms with Crippen molar-refractivity contribution in [2.45, 2.75) is 16.6 Å². The minimum absolute atomic E-state index is 0.579. The maximum absolute atomic E-state index is 12.5. The summed E-state index contributed by atoms with van der Waals surface area (Å²) in [6.45, 7) is 0. The summed E-state index contributed by atoms with van der Waals surface area (Å²) < 4.78 is 57.6. The predicted molar refractivity (Wildman–Crippen MR) is 38.3 cm³/mol. The zero-order valence-corrected chi connectivity index (χ0v) is 8.10. The van der Waals surface area contributed by atoms with Crippen LogP contribution in [0.4, 0.5) is 17.6 Å². The molecule has 0 aromatic rings. The first kappa shape index (κ1) is 13.2. The highest BCUT2D eigenvalue weighted by molar-refractivity contribution is 6.26. The molecule has 0 aliphatic heterocycles. The van der Waals surface area contributed by atoms with Gasteiger partial charge in [0.05, 0.1) is 0 Å². The van der Waals surface area contributed by atoms with Gasteiger partial charge in [0.25, 0.3) is 0 Å². The molecule has 0 aliphatic carbocycles. The Morgan fingerprint density at radius 2 is 1.08 bits per heavy atom. The van der Waals surface area contributed by atoms with Gasteiger partial charge in [-0.15, -0.1) is 0 Å². The summed E-state index contributed by atoms with van der Waals surface area (Å²) in [4.78, 5) is 0. The van der Waals surface area contributed by atoms with Crippen LogP contribution in [-0.4, -0.2) is 30.8 Å². The molecule has 0 unspecified atom stereocenters. The van der Waals surface area contributed by atoms with Gasteiger partial charge in [-0.3, -0.25) is 0 Å². The molecule has 0 atom stereocenters. The number of methoxy groups -OCH3 is 2. The van der Waals surface area contributed by atoms with Crippen LogP contribution >= 0.6 is 23.2 Å². The van der Waals surface area contributed by atoms with Crippen molar-refractivity contribution in [2.24, 2.45) is 0 Å². The molecule has 0 aromatic carbocycles. The van der Waals surface area contributed by atoms with Crippen LogP contribution in [0.3, 0.4) is 0 Å². The molecule has 0 fully saturated rings. The Hall–Kier alpha value is 0.220. The average molecular weight is 245 g/mol. The van der Waals surface area contributed by atoms with Gasteiger partial charge in [0.15, 0.2) is 0 Å². The summed E-state index contributed by atoms with van der Waals surface area (Å²) in [5, 5.41) is -8.91. The molecule has 0 aliphatic rings. The largest absolute Gasteiger partial charge is 0.382 e. The van der Waals surface area contributed by atoms with Crippen molar-refractivity contribution in [3.63, 3.8) is 0 Å². The van der Waals surface area contributed by atoms with E-state index in [-0.39, 0.29) is 0 Å². The van der Waals surface area contributed by atoms with Crippen LogP contribution in [0.25, 0.3) is 0 Å². The first-order valence-electron chi connectivity index (χ1n) is 2.86. The fourth-order valence-corrected chi connectivity index (χ4v) is 1.30. The molecule has 0 N–H and O–H groups in total. The van der Waals surface area contributed by atoms with Crippen molar-refractivity contribution in [3.8, 4) is 0 Å². The van der Waals surface area contributed by atoms with Gasteiger partial charge in [-0.2, -0.15) is 17.6 Å². The molecule has 80 valence electrons. The third-order valence-corrected chi connectivity index (χ3v) is 1.82. The van der Waals surface area contributed by atoms with E-state index in [0.29, 0.717) is 14.2 Å². The number of alkyl halides is 6. The van der Waals surface area contributed by atoms with Gasteiger partial charge < -0.3 is 9.47 Å². The van der Waals surface area contributed by atoms with Crippen molar-refractivity contribution < 1.29 is 27.0 Å². The zero-order chi connectivity index (χ0) is 10.9. The summed E-state index contributed by atoms with van der Waals surface area (Å²) >= 11 is 8.79. The maximum Gasteiger partial charge on any atom is 0.382 e. The van der Waals surface area contributed by atoms with Gasteiger partial charge in [0.2, 0.25) is 0 Å². The van der Waals surface area contributed by atoms with Gasteiger partial charge in [-0.1, -0.05) is 0 Å². The lowest BCUT2D eigenvalue weighted by atomic mass is 10.3. The summed E-state index contributed by atoms with van der Waals surface area (Å²) in [6, 6.07) is 0. The van der Waals surface area contributed by atoms with Crippen LogP contribution in [0.1, 0.15) is 0 Å². The van der Waals surface area contributed by atoms with E-state index in [9.17, 15) is 17.6 Å². The first-order valence-corrected chi connectivity index (χ1v) is 3.61. The lowest BCUT2D eigenvalue weighted by molar-refractivity contribution is -0.351. The molecule has 13 heavy (non-hydrogen) atoms. The van der Waals surface area contributed by atoms with E-state index in [1.807, 2.05) is 0 Å². The van der Waals surface area contributed by atoms with Crippen molar-refractivity contribution >= 4 is 23.2 Å². The van der Waals surface area contributed by atoms with E-state index in [1.165, 1.54) is 0 Å². The Balaban J connectivity index is 5.17. The van der Waals surface area contributed by atoms with Crippen LogP contribution < -0.4 is 0 Å². The van der Waals surface area contributed by atoms with Crippen LogP contribution in [0.2, 0.25) is 0 Å². The molecule has 0 amide bonds. The van der Waals surface area contributed by atoms with E-state index in [0.717, 1.165) is 0 Å². The van der Waals surface area contributed by atoms with Crippen molar-refractivity contribution in [1.29, 1.82) is 0 Å². The predicted octanol–water partition coefficient (Wildman–Crippen LogP) is 2.64. The van der Waals surface area contributed by atoms with E-state index < -0.39 is 16.6 Å².